The SMILES string of the molecule is C[C@]12CC[C@@H]3c4ccc(OC(=O)N(CCCl)CCCl)cc4CC[C@H]3[C@@H]1CC[C@@H]2OC(=O)NCCN. The molecule has 0 aliphatic heterocycles. The summed E-state index contributed by atoms with van der Waals surface area (Å²) in [5, 5.41) is 2.74. The number of aryl methyl sites for hydroxylation is 1. The highest BCUT2D eigenvalue weighted by Gasteiger charge is 2.56. The molecular formula is C26H37Cl2N3O4. The highest BCUT2D eigenvalue weighted by Crippen LogP contribution is 2.61. The van der Waals surface area contributed by atoms with E-state index in [2.05, 4.69) is 18.3 Å². The summed E-state index contributed by atoms with van der Waals surface area (Å²) in [6, 6.07) is 6.09. The Morgan fingerprint density at radius 1 is 1.17 bits per heavy atom. The number of alkyl halides is 2. The van der Waals surface area contributed by atoms with Gasteiger partial charge >= 0.3 is 12.2 Å². The van der Waals surface area contributed by atoms with Crippen molar-refractivity contribution in [2.24, 2.45) is 23.0 Å². The second kappa shape index (κ2) is 11.6. The van der Waals surface area contributed by atoms with Crippen LogP contribution in [0.3, 0.4) is 0 Å². The number of alkyl carbamates (subject to hydrolysis) is 1. The number of ether oxygens (including phenoxy) is 2. The average molecular weight is 527 g/mol. The van der Waals surface area contributed by atoms with Crippen molar-refractivity contribution in [2.75, 3.05) is 37.9 Å². The highest BCUT2D eigenvalue weighted by atomic mass is 35.5. The number of carbonyl (C=O) groups is 2. The second-order valence-electron chi connectivity index (χ2n) is 10.2. The number of halogens is 2. The van der Waals surface area contributed by atoms with Crippen molar-refractivity contribution in [1.82, 2.24) is 10.2 Å². The van der Waals surface area contributed by atoms with Crippen LogP contribution in [0.2, 0.25) is 0 Å². The standard InChI is InChI=1S/C26H37Cl2N3O4/c1-26-9-8-20-19-5-3-18(34-25(33)31(14-10-27)15-11-28)16-17(19)2-4-21(20)22(26)6-7-23(26)35-24(32)30-13-12-29/h3,5,16,20-23H,2,4,6-15,29H2,1H3,(H,30,32)/t20-,21-,22+,23+,26+/m1/s1. The van der Waals surface area contributed by atoms with E-state index in [9.17, 15) is 9.59 Å². The molecule has 9 heteroatoms. The quantitative estimate of drug-likeness (QED) is 0.472. The van der Waals surface area contributed by atoms with Gasteiger partial charge in [-0.3, -0.25) is 0 Å². The molecule has 4 rings (SSSR count). The number of nitrogens with one attached hydrogen (secondary N) is 1. The Kier molecular flexibility index (Phi) is 8.71. The zero-order chi connectivity index (χ0) is 25.0. The fourth-order valence-corrected chi connectivity index (χ4v) is 7.18. The number of hydrogen-bond donors (Lipinski definition) is 2. The Balaban J connectivity index is 1.44. The molecule has 0 radical (unpaired) electrons. The van der Waals surface area contributed by atoms with Gasteiger partial charge in [-0.15, -0.1) is 23.2 Å². The summed E-state index contributed by atoms with van der Waals surface area (Å²) in [5.74, 6) is 2.86. The Labute approximate surface area is 218 Å². The molecule has 2 saturated carbocycles. The first-order chi connectivity index (χ1) is 16.9. The van der Waals surface area contributed by atoms with Crippen LogP contribution in [0.4, 0.5) is 9.59 Å². The summed E-state index contributed by atoms with van der Waals surface area (Å²) in [7, 11) is 0. The molecule has 3 aliphatic carbocycles. The topological polar surface area (TPSA) is 93.9 Å². The maximum Gasteiger partial charge on any atom is 0.415 e. The minimum absolute atomic E-state index is 0.0164. The molecule has 2 amide bonds. The maximum absolute atomic E-state index is 12.6. The van der Waals surface area contributed by atoms with E-state index in [1.807, 2.05) is 12.1 Å². The minimum atomic E-state index is -0.416. The third-order valence-corrected chi connectivity index (χ3v) is 8.78. The lowest BCUT2D eigenvalue weighted by Crippen LogP contribution is -2.46. The molecule has 7 nitrogen and oxygen atoms in total. The van der Waals surface area contributed by atoms with E-state index in [-0.39, 0.29) is 17.6 Å². The predicted molar refractivity (Wildman–Crippen MR) is 137 cm³/mol. The molecule has 0 heterocycles. The van der Waals surface area contributed by atoms with Crippen molar-refractivity contribution in [2.45, 2.75) is 57.5 Å². The maximum atomic E-state index is 12.6. The second-order valence-corrected chi connectivity index (χ2v) is 11.0. The lowest BCUT2D eigenvalue weighted by molar-refractivity contribution is -0.0313. The van der Waals surface area contributed by atoms with Crippen molar-refractivity contribution in [3.63, 3.8) is 0 Å². The predicted octanol–water partition coefficient (Wildman–Crippen LogP) is 4.87. The lowest BCUT2D eigenvalue weighted by atomic mass is 9.55. The molecule has 0 spiro atoms. The van der Waals surface area contributed by atoms with Crippen LogP contribution >= 0.6 is 23.2 Å². The molecule has 5 atom stereocenters. The zero-order valence-electron chi connectivity index (χ0n) is 20.4. The van der Waals surface area contributed by atoms with Gasteiger partial charge in [-0.1, -0.05) is 13.0 Å². The number of benzene rings is 1. The lowest BCUT2D eigenvalue weighted by Gasteiger charge is -2.50. The van der Waals surface area contributed by atoms with E-state index in [0.717, 1.165) is 38.5 Å². The normalized spacial score (nSPS) is 28.9. The van der Waals surface area contributed by atoms with Crippen molar-refractivity contribution in [3.8, 4) is 5.75 Å². The summed E-state index contributed by atoms with van der Waals surface area (Å²) in [5.41, 5.74) is 8.16. The van der Waals surface area contributed by atoms with Crippen LogP contribution in [0.15, 0.2) is 18.2 Å². The van der Waals surface area contributed by atoms with Gasteiger partial charge in [0, 0.05) is 43.4 Å². The largest absolute Gasteiger partial charge is 0.446 e. The number of fused-ring (bicyclic) bond motifs is 5. The van der Waals surface area contributed by atoms with Gasteiger partial charge in [0.15, 0.2) is 0 Å². The van der Waals surface area contributed by atoms with E-state index in [1.54, 1.807) is 0 Å². The number of carbonyl (C=O) groups excluding carboxylic acids is 2. The number of nitrogens with zero attached hydrogens (tertiary/aromatic N) is 1. The van der Waals surface area contributed by atoms with E-state index >= 15 is 0 Å². The van der Waals surface area contributed by atoms with Gasteiger partial charge in [-0.05, 0) is 79.5 Å². The van der Waals surface area contributed by atoms with Crippen LogP contribution in [0, 0.1) is 17.3 Å². The molecule has 3 aliphatic rings. The van der Waals surface area contributed by atoms with Crippen LogP contribution in [0.1, 0.15) is 56.1 Å². The molecule has 0 saturated heterocycles. The summed E-state index contributed by atoms with van der Waals surface area (Å²) in [6.45, 7) is 3.96. The summed E-state index contributed by atoms with van der Waals surface area (Å²) < 4.78 is 11.5. The van der Waals surface area contributed by atoms with Gasteiger partial charge in [0.05, 0.1) is 0 Å². The summed E-state index contributed by atoms with van der Waals surface area (Å²) >= 11 is 11.6. The summed E-state index contributed by atoms with van der Waals surface area (Å²) in [4.78, 5) is 26.3. The molecule has 0 unspecified atom stereocenters. The monoisotopic (exact) mass is 525 g/mol. The van der Waals surface area contributed by atoms with Crippen molar-refractivity contribution < 1.29 is 19.1 Å². The van der Waals surface area contributed by atoms with E-state index in [4.69, 9.17) is 38.4 Å². The Hall–Kier alpha value is -1.70. The third kappa shape index (κ3) is 5.52. The number of hydrogen-bond acceptors (Lipinski definition) is 5. The van der Waals surface area contributed by atoms with Crippen LogP contribution in [0.25, 0.3) is 0 Å². The molecule has 0 bridgehead atoms. The summed E-state index contributed by atoms with van der Waals surface area (Å²) in [6.07, 6.45) is 5.38. The van der Waals surface area contributed by atoms with Gasteiger partial charge in [0.25, 0.3) is 0 Å². The first-order valence-corrected chi connectivity index (χ1v) is 13.8. The minimum Gasteiger partial charge on any atom is -0.446 e. The van der Waals surface area contributed by atoms with Crippen LogP contribution in [-0.2, 0) is 11.2 Å². The third-order valence-electron chi connectivity index (χ3n) is 8.45. The molecule has 194 valence electrons. The van der Waals surface area contributed by atoms with Gasteiger partial charge in [0.1, 0.15) is 11.9 Å². The van der Waals surface area contributed by atoms with Crippen LogP contribution in [0.5, 0.6) is 5.75 Å². The first kappa shape index (κ1) is 26.4. The molecule has 1 aromatic rings. The van der Waals surface area contributed by atoms with Crippen LogP contribution in [-0.4, -0.2) is 61.1 Å². The van der Waals surface area contributed by atoms with E-state index < -0.39 is 6.09 Å². The molecule has 1 aromatic carbocycles. The fourth-order valence-electron chi connectivity index (χ4n) is 6.78. The highest BCUT2D eigenvalue weighted by molar-refractivity contribution is 6.18. The number of nitrogens with two attached hydrogens (primary N) is 1. The Morgan fingerprint density at radius 3 is 2.66 bits per heavy atom. The van der Waals surface area contributed by atoms with Crippen molar-refractivity contribution >= 4 is 35.4 Å². The molecule has 2 fully saturated rings. The van der Waals surface area contributed by atoms with Crippen molar-refractivity contribution in [3.05, 3.63) is 29.3 Å². The number of rotatable bonds is 8. The van der Waals surface area contributed by atoms with Gasteiger partial charge in [-0.2, -0.15) is 0 Å². The van der Waals surface area contributed by atoms with Gasteiger partial charge in [-0.25, -0.2) is 9.59 Å². The molecule has 35 heavy (non-hydrogen) atoms. The van der Waals surface area contributed by atoms with E-state index in [1.165, 1.54) is 16.0 Å². The van der Waals surface area contributed by atoms with Crippen molar-refractivity contribution in [1.29, 1.82) is 0 Å². The van der Waals surface area contributed by atoms with E-state index in [0.29, 0.717) is 61.4 Å². The van der Waals surface area contributed by atoms with Gasteiger partial charge < -0.3 is 25.4 Å². The Bertz CT molecular complexity index is 911. The average Bonchev–Trinajstić information content (AvgIpc) is 3.18. The Morgan fingerprint density at radius 2 is 1.94 bits per heavy atom. The van der Waals surface area contributed by atoms with Crippen LogP contribution < -0.4 is 15.8 Å². The molecular weight excluding hydrogens is 489 g/mol. The molecule has 0 aromatic heterocycles. The fraction of sp³-hybridized carbons (Fsp3) is 0.692. The first-order valence-electron chi connectivity index (χ1n) is 12.8. The molecule has 3 N–H and O–H groups in total. The zero-order valence-corrected chi connectivity index (χ0v) is 22.0. The van der Waals surface area contributed by atoms with Gasteiger partial charge in [0.2, 0.25) is 0 Å². The smallest absolute Gasteiger partial charge is 0.415 e. The number of amides is 2.